The fraction of sp³-hybridized carbons (Fsp3) is 0.240. The third kappa shape index (κ3) is 4.00. The third-order valence-electron chi connectivity index (χ3n) is 4.91. The molecule has 0 heterocycles. The van der Waals surface area contributed by atoms with Crippen molar-refractivity contribution in [1.29, 1.82) is 0 Å². The molecule has 0 saturated heterocycles. The maximum atomic E-state index is 12.6. The van der Waals surface area contributed by atoms with Gasteiger partial charge in [-0.05, 0) is 70.7 Å². The Labute approximate surface area is 170 Å². The Bertz CT molecular complexity index is 852. The smallest absolute Gasteiger partial charge is 0.316 e. The summed E-state index contributed by atoms with van der Waals surface area (Å²) in [6, 6.07) is 27.2. The lowest BCUT2D eigenvalue weighted by Gasteiger charge is -2.40. The van der Waals surface area contributed by atoms with Crippen LogP contribution in [0.25, 0.3) is 0 Å². The standard InChI is InChI=1S/C25H28O2S/c1-4-20-12-16-23(17-13-20)28(27-25(26)6-3,22-10-8-7-9-11-22)24-18-14-21(5-2)15-19-24/h7-19H,4-6H2,1-3H3. The fourth-order valence-corrected chi connectivity index (χ4v) is 6.28. The number of rotatable bonds is 7. The summed E-state index contributed by atoms with van der Waals surface area (Å²) in [5.41, 5.74) is 2.54. The van der Waals surface area contributed by atoms with Crippen LogP contribution in [0, 0.1) is 0 Å². The van der Waals surface area contributed by atoms with Crippen LogP contribution in [0.4, 0.5) is 0 Å². The van der Waals surface area contributed by atoms with Crippen LogP contribution in [0.15, 0.2) is 93.5 Å². The minimum Gasteiger partial charge on any atom is -0.402 e. The minimum absolute atomic E-state index is 0.182. The molecule has 0 aliphatic carbocycles. The van der Waals surface area contributed by atoms with Gasteiger partial charge in [0.2, 0.25) is 0 Å². The van der Waals surface area contributed by atoms with Crippen LogP contribution >= 0.6 is 10.3 Å². The largest absolute Gasteiger partial charge is 0.402 e. The molecule has 3 aromatic rings. The van der Waals surface area contributed by atoms with Crippen molar-refractivity contribution in [3.63, 3.8) is 0 Å². The first kappa shape index (κ1) is 20.2. The van der Waals surface area contributed by atoms with Gasteiger partial charge in [-0.2, -0.15) is 0 Å². The van der Waals surface area contributed by atoms with Crippen molar-refractivity contribution < 1.29 is 8.98 Å². The molecule has 0 aromatic heterocycles. The van der Waals surface area contributed by atoms with E-state index in [1.807, 2.05) is 25.1 Å². The summed E-state index contributed by atoms with van der Waals surface area (Å²) < 4.78 is 6.34. The number of carbonyl (C=O) groups is 1. The molecule has 0 N–H and O–H groups in total. The molecule has 0 amide bonds. The van der Waals surface area contributed by atoms with E-state index in [1.54, 1.807) is 0 Å². The highest BCUT2D eigenvalue weighted by atomic mass is 32.3. The van der Waals surface area contributed by atoms with Gasteiger partial charge < -0.3 is 4.18 Å². The maximum Gasteiger partial charge on any atom is 0.316 e. The van der Waals surface area contributed by atoms with Crippen molar-refractivity contribution in [3.8, 4) is 0 Å². The van der Waals surface area contributed by atoms with E-state index >= 15 is 0 Å². The zero-order valence-electron chi connectivity index (χ0n) is 16.9. The Balaban J connectivity index is 2.27. The van der Waals surface area contributed by atoms with Crippen molar-refractivity contribution in [1.82, 2.24) is 0 Å². The van der Waals surface area contributed by atoms with Crippen LogP contribution in [0.1, 0.15) is 38.3 Å². The number of hydrogen-bond donors (Lipinski definition) is 0. The van der Waals surface area contributed by atoms with E-state index in [9.17, 15) is 4.79 Å². The van der Waals surface area contributed by atoms with E-state index in [0.717, 1.165) is 27.5 Å². The molecule has 146 valence electrons. The normalized spacial score (nSPS) is 11.8. The Morgan fingerprint density at radius 1 is 0.679 bits per heavy atom. The molecule has 0 saturated carbocycles. The minimum atomic E-state index is -2.14. The Hall–Kier alpha value is -2.52. The molecular weight excluding hydrogens is 364 g/mol. The summed E-state index contributed by atoms with van der Waals surface area (Å²) in [4.78, 5) is 15.7. The lowest BCUT2D eigenvalue weighted by atomic mass is 10.2. The van der Waals surface area contributed by atoms with Crippen LogP contribution in [-0.2, 0) is 21.8 Å². The first-order valence-corrected chi connectivity index (χ1v) is 11.5. The lowest BCUT2D eigenvalue weighted by Crippen LogP contribution is -2.13. The van der Waals surface area contributed by atoms with Crippen LogP contribution in [0.3, 0.4) is 0 Å². The number of benzene rings is 3. The first-order chi connectivity index (χ1) is 13.6. The molecule has 2 nitrogen and oxygen atoms in total. The molecule has 0 fully saturated rings. The van der Waals surface area contributed by atoms with Crippen LogP contribution < -0.4 is 0 Å². The monoisotopic (exact) mass is 392 g/mol. The number of carbonyl (C=O) groups excluding carboxylic acids is 1. The van der Waals surface area contributed by atoms with Crippen LogP contribution in [0.2, 0.25) is 0 Å². The Kier molecular flexibility index (Phi) is 6.58. The summed E-state index contributed by atoms with van der Waals surface area (Å²) in [6.45, 7) is 6.14. The average Bonchev–Trinajstić information content (AvgIpc) is 2.78. The summed E-state index contributed by atoms with van der Waals surface area (Å²) in [5.74, 6) is -0.182. The Morgan fingerprint density at radius 3 is 1.50 bits per heavy atom. The third-order valence-corrected chi connectivity index (χ3v) is 8.15. The molecule has 3 rings (SSSR count). The average molecular weight is 393 g/mol. The first-order valence-electron chi connectivity index (χ1n) is 9.92. The molecule has 0 aliphatic heterocycles. The van der Waals surface area contributed by atoms with E-state index in [4.69, 9.17) is 4.18 Å². The van der Waals surface area contributed by atoms with Gasteiger partial charge in [-0.25, -0.2) is 0 Å². The SMILES string of the molecule is CCC(=O)OS(c1ccccc1)(c1ccc(CC)cc1)c1ccc(CC)cc1. The van der Waals surface area contributed by atoms with Crippen LogP contribution in [-0.4, -0.2) is 5.97 Å². The second kappa shape index (κ2) is 9.11. The molecule has 3 aromatic carbocycles. The van der Waals surface area contributed by atoms with E-state index in [2.05, 4.69) is 74.5 Å². The quantitative estimate of drug-likeness (QED) is 0.434. The van der Waals surface area contributed by atoms with Crippen molar-refractivity contribution in [2.75, 3.05) is 0 Å². The molecule has 0 aliphatic rings. The molecule has 28 heavy (non-hydrogen) atoms. The summed E-state index contributed by atoms with van der Waals surface area (Å²) in [6.07, 6.45) is 2.31. The van der Waals surface area contributed by atoms with Gasteiger partial charge in [0.1, 0.15) is 0 Å². The van der Waals surface area contributed by atoms with Gasteiger partial charge in [-0.15, -0.1) is 0 Å². The fourth-order valence-electron chi connectivity index (χ4n) is 3.20. The maximum absolute atomic E-state index is 12.6. The van der Waals surface area contributed by atoms with Crippen LogP contribution in [0.5, 0.6) is 0 Å². The summed E-state index contributed by atoms with van der Waals surface area (Å²) in [7, 11) is -2.14. The lowest BCUT2D eigenvalue weighted by molar-refractivity contribution is -0.133. The van der Waals surface area contributed by atoms with Gasteiger partial charge in [0.25, 0.3) is 0 Å². The van der Waals surface area contributed by atoms with E-state index in [-0.39, 0.29) is 5.97 Å². The van der Waals surface area contributed by atoms with Gasteiger partial charge in [0, 0.05) is 21.1 Å². The van der Waals surface area contributed by atoms with Gasteiger partial charge in [0.05, 0.1) is 0 Å². The molecule has 3 heteroatoms. The number of aryl methyl sites for hydroxylation is 2. The summed E-state index contributed by atoms with van der Waals surface area (Å²) >= 11 is 0. The van der Waals surface area contributed by atoms with Crippen molar-refractivity contribution in [2.45, 2.75) is 54.7 Å². The molecule has 0 bridgehead atoms. The second-order valence-electron chi connectivity index (χ2n) is 6.67. The van der Waals surface area contributed by atoms with Crippen molar-refractivity contribution in [3.05, 3.63) is 90.0 Å². The zero-order valence-corrected chi connectivity index (χ0v) is 17.7. The predicted molar refractivity (Wildman–Crippen MR) is 117 cm³/mol. The second-order valence-corrected chi connectivity index (χ2v) is 9.37. The molecular formula is C25H28O2S. The van der Waals surface area contributed by atoms with Gasteiger partial charge in [-0.1, -0.05) is 63.2 Å². The molecule has 0 radical (unpaired) electrons. The zero-order chi connectivity index (χ0) is 20.0. The van der Waals surface area contributed by atoms with Crippen molar-refractivity contribution >= 4 is 16.3 Å². The predicted octanol–water partition coefficient (Wildman–Crippen LogP) is 6.96. The van der Waals surface area contributed by atoms with Gasteiger partial charge >= 0.3 is 5.97 Å². The highest BCUT2D eigenvalue weighted by Crippen LogP contribution is 2.69. The highest BCUT2D eigenvalue weighted by Gasteiger charge is 2.35. The van der Waals surface area contributed by atoms with Gasteiger partial charge in [0.15, 0.2) is 0 Å². The molecule has 0 unspecified atom stereocenters. The van der Waals surface area contributed by atoms with Gasteiger partial charge in [-0.3, -0.25) is 4.79 Å². The number of hydrogen-bond acceptors (Lipinski definition) is 2. The van der Waals surface area contributed by atoms with E-state index in [0.29, 0.717) is 6.42 Å². The van der Waals surface area contributed by atoms with Crippen molar-refractivity contribution in [2.24, 2.45) is 0 Å². The summed E-state index contributed by atoms with van der Waals surface area (Å²) in [5, 5.41) is 0. The molecule has 0 atom stereocenters. The van der Waals surface area contributed by atoms with E-state index in [1.165, 1.54) is 11.1 Å². The topological polar surface area (TPSA) is 26.3 Å². The van der Waals surface area contributed by atoms with E-state index < -0.39 is 10.3 Å². The highest BCUT2D eigenvalue weighted by molar-refractivity contribution is 8.30. The molecule has 0 spiro atoms. The Morgan fingerprint density at radius 2 is 1.11 bits per heavy atom.